The summed E-state index contributed by atoms with van der Waals surface area (Å²) in [6.07, 6.45) is 1.71. The van der Waals surface area contributed by atoms with E-state index in [1.807, 2.05) is 51.1 Å². The molecule has 0 amide bonds. The third-order valence-electron chi connectivity index (χ3n) is 7.23. The molecule has 212 valence electrons. The fourth-order valence-corrected chi connectivity index (χ4v) is 5.18. The number of carboxylic acids is 1. The lowest BCUT2D eigenvalue weighted by molar-refractivity contribution is -0.156. The molecule has 0 fully saturated rings. The molecule has 1 N–H and O–H groups in total. The highest BCUT2D eigenvalue weighted by atomic mass is 19.1. The van der Waals surface area contributed by atoms with Gasteiger partial charge in [-0.1, -0.05) is 19.2 Å². The van der Waals surface area contributed by atoms with E-state index in [9.17, 15) is 14.3 Å². The molecule has 0 spiro atoms. The number of ether oxygens (including phenoxy) is 3. The van der Waals surface area contributed by atoms with Crippen molar-refractivity contribution in [2.24, 2.45) is 0 Å². The number of hydrogen-bond acceptors (Lipinski definition) is 5. The summed E-state index contributed by atoms with van der Waals surface area (Å²) in [6, 6.07) is 9.54. The highest BCUT2D eigenvalue weighted by Gasteiger charge is 2.38. The Morgan fingerprint density at radius 3 is 2.58 bits per heavy atom. The first-order valence-corrected chi connectivity index (χ1v) is 13.4. The Hall–Kier alpha value is -3.84. The number of benzene rings is 2. The second kappa shape index (κ2) is 11.3. The number of allylic oxidation sites excluding steroid dienone is 2. The summed E-state index contributed by atoms with van der Waals surface area (Å²) < 4.78 is 31.9. The number of carbonyl (C=O) groups is 1. The largest absolute Gasteiger partial charge is 0.493 e. The van der Waals surface area contributed by atoms with Crippen LogP contribution in [0.25, 0.3) is 11.3 Å². The van der Waals surface area contributed by atoms with Crippen LogP contribution < -0.4 is 9.47 Å². The lowest BCUT2D eigenvalue weighted by Gasteiger charge is -2.39. The molecule has 0 aromatic heterocycles. The van der Waals surface area contributed by atoms with Crippen LogP contribution in [0.3, 0.4) is 0 Å². The predicted molar refractivity (Wildman–Crippen MR) is 156 cm³/mol. The quantitative estimate of drug-likeness (QED) is 0.357. The summed E-state index contributed by atoms with van der Waals surface area (Å²) in [5.41, 5.74) is 6.25. The average molecular weight is 548 g/mol. The molecule has 2 aromatic carbocycles. The SMILES string of the molecule is C=C/C(F)=C(\C)COc1ccc2c(c1)C(=C)N(C)C(C(OC(C)(C)C)C(=O)O)=C2c1ccc2c(c1C)CCCO2. The fourth-order valence-electron chi connectivity index (χ4n) is 5.18. The zero-order valence-corrected chi connectivity index (χ0v) is 24.2. The summed E-state index contributed by atoms with van der Waals surface area (Å²) >= 11 is 0. The van der Waals surface area contributed by atoms with Crippen molar-refractivity contribution in [1.29, 1.82) is 0 Å². The topological polar surface area (TPSA) is 68.2 Å². The fraction of sp³-hybridized carbons (Fsp3) is 0.364. The second-order valence-electron chi connectivity index (χ2n) is 11.2. The molecule has 0 saturated heterocycles. The number of fused-ring (bicyclic) bond motifs is 2. The third kappa shape index (κ3) is 5.70. The van der Waals surface area contributed by atoms with Crippen LogP contribution in [0.4, 0.5) is 4.39 Å². The molecule has 2 aliphatic rings. The van der Waals surface area contributed by atoms with Crippen LogP contribution in [-0.2, 0) is 16.0 Å². The van der Waals surface area contributed by atoms with E-state index in [1.165, 1.54) is 0 Å². The van der Waals surface area contributed by atoms with Gasteiger partial charge in [-0.15, -0.1) is 0 Å². The Labute approximate surface area is 236 Å². The monoisotopic (exact) mass is 547 g/mol. The average Bonchev–Trinajstić information content (AvgIpc) is 2.92. The first-order chi connectivity index (χ1) is 18.8. The normalized spacial score (nSPS) is 16.5. The maximum absolute atomic E-state index is 13.9. The molecule has 1 atom stereocenters. The van der Waals surface area contributed by atoms with E-state index >= 15 is 0 Å². The molecule has 7 heteroatoms. The minimum Gasteiger partial charge on any atom is -0.493 e. The molecule has 2 heterocycles. The second-order valence-corrected chi connectivity index (χ2v) is 11.2. The van der Waals surface area contributed by atoms with E-state index in [1.54, 1.807) is 18.9 Å². The van der Waals surface area contributed by atoms with Gasteiger partial charge >= 0.3 is 5.97 Å². The number of nitrogens with zero attached hydrogens (tertiary/aromatic N) is 1. The number of aliphatic carboxylic acids is 1. The Kier molecular flexibility index (Phi) is 8.26. The third-order valence-corrected chi connectivity index (χ3v) is 7.23. The summed E-state index contributed by atoms with van der Waals surface area (Å²) in [6.45, 7) is 17.7. The molecule has 6 nitrogen and oxygen atoms in total. The zero-order chi connectivity index (χ0) is 29.4. The molecule has 0 bridgehead atoms. The Morgan fingerprint density at radius 1 is 1.23 bits per heavy atom. The van der Waals surface area contributed by atoms with Crippen molar-refractivity contribution < 1.29 is 28.5 Å². The Balaban J connectivity index is 1.95. The molecule has 2 aliphatic heterocycles. The van der Waals surface area contributed by atoms with Gasteiger partial charge in [0.2, 0.25) is 0 Å². The van der Waals surface area contributed by atoms with E-state index < -0.39 is 23.5 Å². The molecule has 40 heavy (non-hydrogen) atoms. The minimum absolute atomic E-state index is 0.0668. The van der Waals surface area contributed by atoms with Gasteiger partial charge in [0.15, 0.2) is 6.10 Å². The van der Waals surface area contributed by atoms with Crippen LogP contribution >= 0.6 is 0 Å². The van der Waals surface area contributed by atoms with Gasteiger partial charge in [-0.05, 0) is 106 Å². The number of halogens is 1. The maximum atomic E-state index is 13.9. The molecule has 0 radical (unpaired) electrons. The van der Waals surface area contributed by atoms with Crippen LogP contribution in [0, 0.1) is 6.92 Å². The highest BCUT2D eigenvalue weighted by Crippen LogP contribution is 2.46. The standard InChI is InChI=1S/C33H38FNO5/c1-9-27(34)19(2)18-39-22-12-13-25-26(17-22)21(4)35(8)30(31(32(36)37)40-33(5,6)7)29(25)24-14-15-28-23(20(24)3)11-10-16-38-28/h9,12-15,17,31H,1,4,10-11,16,18H2,2-3,5-8H3,(H,36,37)/b27-19-. The maximum Gasteiger partial charge on any atom is 0.339 e. The molecule has 0 saturated carbocycles. The van der Waals surface area contributed by atoms with E-state index in [4.69, 9.17) is 14.2 Å². The summed E-state index contributed by atoms with van der Waals surface area (Å²) in [4.78, 5) is 14.5. The summed E-state index contributed by atoms with van der Waals surface area (Å²) in [5, 5.41) is 10.4. The lowest BCUT2D eigenvalue weighted by atomic mass is 9.82. The van der Waals surface area contributed by atoms with Gasteiger partial charge in [-0.2, -0.15) is 0 Å². The van der Waals surface area contributed by atoms with E-state index in [0.717, 1.165) is 58.1 Å². The van der Waals surface area contributed by atoms with Gasteiger partial charge in [0, 0.05) is 23.9 Å². The van der Waals surface area contributed by atoms with Crippen LogP contribution in [0.15, 0.2) is 66.7 Å². The van der Waals surface area contributed by atoms with Crippen molar-refractivity contribution in [2.75, 3.05) is 20.3 Å². The van der Waals surface area contributed by atoms with Crippen LogP contribution in [-0.4, -0.2) is 47.9 Å². The highest BCUT2D eigenvalue weighted by molar-refractivity contribution is 5.96. The van der Waals surface area contributed by atoms with E-state index in [-0.39, 0.29) is 6.61 Å². The predicted octanol–water partition coefficient (Wildman–Crippen LogP) is 7.07. The molecule has 2 aromatic rings. The van der Waals surface area contributed by atoms with Gasteiger partial charge in [0.05, 0.1) is 17.9 Å². The molecular weight excluding hydrogens is 509 g/mol. The summed E-state index contributed by atoms with van der Waals surface area (Å²) in [5.74, 6) is -0.0926. The number of likely N-dealkylation sites (N-methyl/N-ethyl adjacent to an activating group) is 1. The summed E-state index contributed by atoms with van der Waals surface area (Å²) in [7, 11) is 1.80. The van der Waals surface area contributed by atoms with Crippen molar-refractivity contribution in [3.63, 3.8) is 0 Å². The van der Waals surface area contributed by atoms with Gasteiger partial charge in [0.1, 0.15) is 23.9 Å². The molecule has 4 rings (SSSR count). The number of carboxylic acid groups (broad SMARTS) is 1. The van der Waals surface area contributed by atoms with E-state index in [0.29, 0.717) is 29.3 Å². The first kappa shape index (κ1) is 29.2. The van der Waals surface area contributed by atoms with Crippen LogP contribution in [0.2, 0.25) is 0 Å². The van der Waals surface area contributed by atoms with Crippen molar-refractivity contribution in [2.45, 2.75) is 59.2 Å². The molecular formula is C33H38FNO5. The Morgan fingerprint density at radius 2 is 1.93 bits per heavy atom. The molecule has 0 aliphatic carbocycles. The van der Waals surface area contributed by atoms with Gasteiger partial charge in [0.25, 0.3) is 0 Å². The van der Waals surface area contributed by atoms with Gasteiger partial charge in [-0.3, -0.25) is 0 Å². The Bertz CT molecular complexity index is 1430. The zero-order valence-electron chi connectivity index (χ0n) is 24.2. The van der Waals surface area contributed by atoms with Crippen molar-refractivity contribution in [1.82, 2.24) is 4.90 Å². The van der Waals surface area contributed by atoms with Crippen molar-refractivity contribution in [3.8, 4) is 11.5 Å². The van der Waals surface area contributed by atoms with Crippen molar-refractivity contribution in [3.05, 3.63) is 94.5 Å². The van der Waals surface area contributed by atoms with Crippen molar-refractivity contribution >= 4 is 17.2 Å². The van der Waals surface area contributed by atoms with Crippen LogP contribution in [0.5, 0.6) is 11.5 Å². The van der Waals surface area contributed by atoms with Gasteiger partial charge < -0.3 is 24.2 Å². The smallest absolute Gasteiger partial charge is 0.339 e. The minimum atomic E-state index is -1.25. The van der Waals surface area contributed by atoms with E-state index in [2.05, 4.69) is 20.1 Å². The van der Waals surface area contributed by atoms with Gasteiger partial charge in [-0.25, -0.2) is 9.18 Å². The number of hydrogen-bond donors (Lipinski definition) is 1. The molecule has 1 unspecified atom stereocenters. The lowest BCUT2D eigenvalue weighted by Crippen LogP contribution is -2.41. The van der Waals surface area contributed by atoms with Crippen LogP contribution in [0.1, 0.15) is 61.9 Å². The first-order valence-electron chi connectivity index (χ1n) is 13.4. The number of rotatable bonds is 8.